The van der Waals surface area contributed by atoms with Crippen LogP contribution in [0.15, 0.2) is 4.99 Å². The van der Waals surface area contributed by atoms with Gasteiger partial charge in [-0.1, -0.05) is 6.92 Å². The molecule has 0 fully saturated rings. The number of aliphatic hydroxyl groups is 1. The molecule has 8 heavy (non-hydrogen) atoms. The number of nitrogens with zero attached hydrogens (tertiary/aromatic N) is 1. The topological polar surface area (TPSA) is 49.7 Å². The Morgan fingerprint density at radius 1 is 1.88 bits per heavy atom. The van der Waals surface area contributed by atoms with E-state index in [1.807, 2.05) is 6.92 Å². The zero-order chi connectivity index (χ0) is 6.41. The monoisotopic (exact) mass is 115 g/mol. The second kappa shape index (κ2) is 4.50. The van der Waals surface area contributed by atoms with Crippen LogP contribution in [0.25, 0.3) is 0 Å². The summed E-state index contributed by atoms with van der Waals surface area (Å²) in [5.74, 6) is 0. The van der Waals surface area contributed by atoms with E-state index in [9.17, 15) is 4.79 Å². The second-order valence-corrected chi connectivity index (χ2v) is 1.47. The van der Waals surface area contributed by atoms with Gasteiger partial charge in [0.1, 0.15) is 0 Å². The molecular weight excluding hydrogens is 106 g/mol. The summed E-state index contributed by atoms with van der Waals surface area (Å²) < 4.78 is 0. The minimum atomic E-state index is -0.243. The molecule has 0 bridgehead atoms. The van der Waals surface area contributed by atoms with Crippen LogP contribution in [0.5, 0.6) is 0 Å². The van der Waals surface area contributed by atoms with Crippen LogP contribution < -0.4 is 0 Å². The molecular formula is C5H9NO2. The summed E-state index contributed by atoms with van der Waals surface area (Å²) in [6.07, 6.45) is 2.07. The molecule has 0 aliphatic heterocycles. The number of aliphatic imine (C=N–C) groups is 1. The molecule has 46 valence electrons. The Kier molecular flexibility index (Phi) is 4.13. The Morgan fingerprint density at radius 2 is 2.50 bits per heavy atom. The zero-order valence-corrected chi connectivity index (χ0v) is 4.79. The van der Waals surface area contributed by atoms with Crippen LogP contribution in [0.1, 0.15) is 13.3 Å². The summed E-state index contributed by atoms with van der Waals surface area (Å²) >= 11 is 0. The van der Waals surface area contributed by atoms with Crippen LogP contribution in [0.3, 0.4) is 0 Å². The number of hydrogen-bond donors (Lipinski definition) is 1. The standard InChI is InChI=1S/C5H9NO2/c1-2-5(3-7)6-4-8/h5,7H,2-3H2,1H3. The van der Waals surface area contributed by atoms with Gasteiger partial charge < -0.3 is 5.11 Å². The Hall–Kier alpha value is -0.660. The van der Waals surface area contributed by atoms with Crippen LogP contribution in [-0.2, 0) is 4.79 Å². The number of rotatable bonds is 3. The molecule has 0 spiro atoms. The van der Waals surface area contributed by atoms with Gasteiger partial charge in [-0.15, -0.1) is 0 Å². The lowest BCUT2D eigenvalue weighted by molar-refractivity contribution is 0.264. The molecule has 0 aliphatic rings. The number of hydrogen-bond acceptors (Lipinski definition) is 3. The summed E-state index contributed by atoms with van der Waals surface area (Å²) in [5.41, 5.74) is 0. The summed E-state index contributed by atoms with van der Waals surface area (Å²) in [4.78, 5) is 12.8. The maximum atomic E-state index is 9.53. The molecule has 0 radical (unpaired) electrons. The SMILES string of the molecule is CCC(CO)N=C=O. The highest BCUT2D eigenvalue weighted by molar-refractivity contribution is 5.33. The van der Waals surface area contributed by atoms with E-state index in [-0.39, 0.29) is 12.6 Å². The van der Waals surface area contributed by atoms with Gasteiger partial charge in [-0.3, -0.25) is 0 Å². The third-order valence-corrected chi connectivity index (χ3v) is 0.917. The minimum Gasteiger partial charge on any atom is -0.394 e. The molecule has 0 amide bonds. The van der Waals surface area contributed by atoms with Crippen molar-refractivity contribution in [1.29, 1.82) is 0 Å². The summed E-state index contributed by atoms with van der Waals surface area (Å²) in [7, 11) is 0. The number of isocyanates is 1. The van der Waals surface area contributed by atoms with Gasteiger partial charge in [0.2, 0.25) is 6.08 Å². The first-order chi connectivity index (χ1) is 3.85. The van der Waals surface area contributed by atoms with Crippen molar-refractivity contribution >= 4 is 6.08 Å². The molecule has 0 aromatic rings. The molecule has 1 unspecified atom stereocenters. The molecule has 1 N–H and O–H groups in total. The average Bonchev–Trinajstić information content (AvgIpc) is 1.83. The molecule has 1 atom stereocenters. The van der Waals surface area contributed by atoms with Gasteiger partial charge in [-0.2, -0.15) is 0 Å². The van der Waals surface area contributed by atoms with E-state index < -0.39 is 0 Å². The largest absolute Gasteiger partial charge is 0.394 e. The molecule has 0 heterocycles. The maximum Gasteiger partial charge on any atom is 0.235 e. The molecule has 0 rings (SSSR count). The molecule has 0 saturated carbocycles. The van der Waals surface area contributed by atoms with Crippen molar-refractivity contribution in [2.75, 3.05) is 6.61 Å². The van der Waals surface area contributed by atoms with Crippen LogP contribution in [0, 0.1) is 0 Å². The van der Waals surface area contributed by atoms with Crippen LogP contribution in [0.2, 0.25) is 0 Å². The Balaban J connectivity index is 3.52. The smallest absolute Gasteiger partial charge is 0.235 e. The molecule has 3 nitrogen and oxygen atoms in total. The summed E-state index contributed by atoms with van der Waals surface area (Å²) in [6.45, 7) is 1.79. The van der Waals surface area contributed by atoms with Crippen molar-refractivity contribution in [3.05, 3.63) is 0 Å². The zero-order valence-electron chi connectivity index (χ0n) is 4.79. The fourth-order valence-corrected chi connectivity index (χ4v) is 0.336. The Bertz CT molecular complexity index is 92.6. The second-order valence-electron chi connectivity index (χ2n) is 1.47. The van der Waals surface area contributed by atoms with Crippen molar-refractivity contribution in [1.82, 2.24) is 0 Å². The van der Waals surface area contributed by atoms with E-state index in [2.05, 4.69) is 4.99 Å². The number of aliphatic hydroxyl groups excluding tert-OH is 1. The van der Waals surface area contributed by atoms with E-state index in [1.54, 1.807) is 0 Å². The maximum absolute atomic E-state index is 9.53. The van der Waals surface area contributed by atoms with E-state index in [1.165, 1.54) is 6.08 Å². The van der Waals surface area contributed by atoms with E-state index >= 15 is 0 Å². The quantitative estimate of drug-likeness (QED) is 0.418. The van der Waals surface area contributed by atoms with Crippen molar-refractivity contribution in [3.63, 3.8) is 0 Å². The minimum absolute atomic E-state index is 0.0637. The predicted molar refractivity (Wildman–Crippen MR) is 29.3 cm³/mol. The van der Waals surface area contributed by atoms with Gasteiger partial charge in [0.15, 0.2) is 0 Å². The van der Waals surface area contributed by atoms with Crippen molar-refractivity contribution in [2.24, 2.45) is 4.99 Å². The summed E-state index contributed by atoms with van der Waals surface area (Å²) in [6, 6.07) is -0.243. The lowest BCUT2D eigenvalue weighted by atomic mass is 10.3. The van der Waals surface area contributed by atoms with E-state index in [0.29, 0.717) is 6.42 Å². The highest BCUT2D eigenvalue weighted by Gasteiger charge is 1.97. The molecule has 0 aromatic heterocycles. The van der Waals surface area contributed by atoms with Gasteiger partial charge >= 0.3 is 0 Å². The van der Waals surface area contributed by atoms with Crippen LogP contribution in [-0.4, -0.2) is 23.8 Å². The first-order valence-electron chi connectivity index (χ1n) is 2.53. The van der Waals surface area contributed by atoms with Crippen molar-refractivity contribution in [3.8, 4) is 0 Å². The molecule has 0 aromatic carbocycles. The highest BCUT2D eigenvalue weighted by Crippen LogP contribution is 1.91. The van der Waals surface area contributed by atoms with Gasteiger partial charge in [0.25, 0.3) is 0 Å². The van der Waals surface area contributed by atoms with Gasteiger partial charge in [-0.25, -0.2) is 9.79 Å². The van der Waals surface area contributed by atoms with Gasteiger partial charge in [0.05, 0.1) is 12.6 Å². The predicted octanol–water partition coefficient (Wildman–Crippen LogP) is 0.0931. The first-order valence-corrected chi connectivity index (χ1v) is 2.53. The van der Waals surface area contributed by atoms with Gasteiger partial charge in [0, 0.05) is 0 Å². The normalized spacial score (nSPS) is 12.2. The fourth-order valence-electron chi connectivity index (χ4n) is 0.336. The first kappa shape index (κ1) is 7.34. The lowest BCUT2D eigenvalue weighted by Crippen LogP contribution is -2.06. The molecule has 0 aliphatic carbocycles. The van der Waals surface area contributed by atoms with Gasteiger partial charge in [-0.05, 0) is 6.42 Å². The number of carbonyl (C=O) groups excluding carboxylic acids is 1. The third kappa shape index (κ3) is 2.50. The van der Waals surface area contributed by atoms with Crippen LogP contribution >= 0.6 is 0 Å². The third-order valence-electron chi connectivity index (χ3n) is 0.917. The molecule has 3 heteroatoms. The summed E-state index contributed by atoms with van der Waals surface area (Å²) in [5, 5.41) is 8.38. The molecule has 0 saturated heterocycles. The Morgan fingerprint density at radius 3 is 2.62 bits per heavy atom. The fraction of sp³-hybridized carbons (Fsp3) is 0.800. The van der Waals surface area contributed by atoms with Crippen molar-refractivity contribution in [2.45, 2.75) is 19.4 Å². The van der Waals surface area contributed by atoms with E-state index in [0.717, 1.165) is 0 Å². The van der Waals surface area contributed by atoms with E-state index in [4.69, 9.17) is 5.11 Å². The Labute approximate surface area is 48.1 Å². The van der Waals surface area contributed by atoms with Crippen LogP contribution in [0.4, 0.5) is 0 Å². The highest BCUT2D eigenvalue weighted by atomic mass is 16.3. The lowest BCUT2D eigenvalue weighted by Gasteiger charge is -1.98. The average molecular weight is 115 g/mol. The van der Waals surface area contributed by atoms with Crippen molar-refractivity contribution < 1.29 is 9.90 Å².